The van der Waals surface area contributed by atoms with Gasteiger partial charge in [0.25, 0.3) is 0 Å². The second-order valence-corrected chi connectivity index (χ2v) is 4.07. The standard InChI is InChI=1S/C9H10O2Se/c1-11-9(10)7-3-5-8(12-2)6-4-7/h3-6H,1-2H3. The zero-order valence-corrected chi connectivity index (χ0v) is 8.75. The third-order valence-corrected chi connectivity index (χ3v) is 3.07. The monoisotopic (exact) mass is 230 g/mol. The summed E-state index contributed by atoms with van der Waals surface area (Å²) in [6, 6.07) is 7.53. The van der Waals surface area contributed by atoms with Gasteiger partial charge in [0.2, 0.25) is 0 Å². The van der Waals surface area contributed by atoms with Gasteiger partial charge in [-0.15, -0.1) is 0 Å². The van der Waals surface area contributed by atoms with Crippen LogP contribution in [0.25, 0.3) is 0 Å². The normalized spacial score (nSPS) is 9.50. The summed E-state index contributed by atoms with van der Waals surface area (Å²) in [6.45, 7) is 0. The molecule has 0 bridgehead atoms. The van der Waals surface area contributed by atoms with E-state index in [0.717, 1.165) is 0 Å². The molecule has 0 saturated carbocycles. The molecule has 2 nitrogen and oxygen atoms in total. The molecule has 0 aliphatic heterocycles. The average molecular weight is 229 g/mol. The Hall–Kier alpha value is -0.791. The van der Waals surface area contributed by atoms with Gasteiger partial charge in [-0.25, -0.2) is 0 Å². The Kier molecular flexibility index (Phi) is 3.32. The van der Waals surface area contributed by atoms with Crippen LogP contribution in [-0.2, 0) is 4.74 Å². The minimum atomic E-state index is -0.273. The van der Waals surface area contributed by atoms with E-state index in [1.54, 1.807) is 12.1 Å². The first kappa shape index (κ1) is 9.30. The number of esters is 1. The quantitative estimate of drug-likeness (QED) is 0.555. The van der Waals surface area contributed by atoms with Gasteiger partial charge < -0.3 is 0 Å². The van der Waals surface area contributed by atoms with Gasteiger partial charge in [-0.1, -0.05) is 0 Å². The van der Waals surface area contributed by atoms with Gasteiger partial charge >= 0.3 is 77.7 Å². The number of hydrogen-bond donors (Lipinski definition) is 0. The van der Waals surface area contributed by atoms with Crippen molar-refractivity contribution in [2.24, 2.45) is 0 Å². The van der Waals surface area contributed by atoms with E-state index in [1.807, 2.05) is 12.1 Å². The SMILES string of the molecule is COC(=O)c1ccc([Se]C)cc1. The first-order valence-electron chi connectivity index (χ1n) is 3.50. The second kappa shape index (κ2) is 4.29. The van der Waals surface area contributed by atoms with Crippen LogP contribution < -0.4 is 4.46 Å². The maximum absolute atomic E-state index is 11.0. The van der Waals surface area contributed by atoms with Crippen LogP contribution in [-0.4, -0.2) is 28.0 Å². The summed E-state index contributed by atoms with van der Waals surface area (Å²) < 4.78 is 5.86. The van der Waals surface area contributed by atoms with E-state index in [1.165, 1.54) is 11.6 Å². The van der Waals surface area contributed by atoms with E-state index in [9.17, 15) is 4.79 Å². The molecule has 1 aromatic rings. The number of carbonyl (C=O) groups excluding carboxylic acids is 1. The van der Waals surface area contributed by atoms with Crippen LogP contribution in [0, 0.1) is 0 Å². The van der Waals surface area contributed by atoms with Crippen LogP contribution in [0.3, 0.4) is 0 Å². The number of hydrogen-bond acceptors (Lipinski definition) is 2. The number of ether oxygens (including phenoxy) is 1. The van der Waals surface area contributed by atoms with Crippen molar-refractivity contribution in [3.8, 4) is 0 Å². The van der Waals surface area contributed by atoms with Crippen molar-refractivity contribution in [1.29, 1.82) is 0 Å². The number of methoxy groups -OCH3 is 1. The van der Waals surface area contributed by atoms with Gasteiger partial charge in [0.1, 0.15) is 0 Å². The molecule has 0 N–H and O–H groups in total. The molecule has 0 heterocycles. The summed E-state index contributed by atoms with van der Waals surface area (Å²) in [5.41, 5.74) is 0.616. The molecule has 0 amide bonds. The van der Waals surface area contributed by atoms with Gasteiger partial charge in [-0.2, -0.15) is 0 Å². The summed E-state index contributed by atoms with van der Waals surface area (Å²) in [4.78, 5) is 11.0. The number of rotatable bonds is 2. The molecule has 0 aliphatic carbocycles. The molecular weight excluding hydrogens is 219 g/mol. The summed E-state index contributed by atoms with van der Waals surface area (Å²) >= 11 is 0.495. The van der Waals surface area contributed by atoms with E-state index in [4.69, 9.17) is 0 Å². The molecule has 64 valence electrons. The van der Waals surface area contributed by atoms with Crippen LogP contribution in [0.5, 0.6) is 0 Å². The van der Waals surface area contributed by atoms with Crippen molar-refractivity contribution in [2.75, 3.05) is 7.11 Å². The Bertz CT molecular complexity index is 266. The van der Waals surface area contributed by atoms with Crippen molar-refractivity contribution in [3.63, 3.8) is 0 Å². The second-order valence-electron chi connectivity index (χ2n) is 2.22. The molecule has 3 heteroatoms. The van der Waals surface area contributed by atoms with E-state index in [0.29, 0.717) is 20.5 Å². The zero-order chi connectivity index (χ0) is 8.97. The van der Waals surface area contributed by atoms with E-state index >= 15 is 0 Å². The first-order valence-corrected chi connectivity index (χ1v) is 6.07. The van der Waals surface area contributed by atoms with Crippen molar-refractivity contribution >= 4 is 25.4 Å². The molecule has 12 heavy (non-hydrogen) atoms. The molecule has 0 fully saturated rings. The summed E-state index contributed by atoms with van der Waals surface area (Å²) in [7, 11) is 1.39. The molecule has 0 unspecified atom stereocenters. The van der Waals surface area contributed by atoms with Crippen LogP contribution in [0.4, 0.5) is 0 Å². The third kappa shape index (κ3) is 2.10. The van der Waals surface area contributed by atoms with E-state index in [2.05, 4.69) is 10.6 Å². The molecule has 0 radical (unpaired) electrons. The van der Waals surface area contributed by atoms with Gasteiger partial charge in [-0.3, -0.25) is 0 Å². The van der Waals surface area contributed by atoms with Crippen LogP contribution in [0.15, 0.2) is 24.3 Å². The fourth-order valence-corrected chi connectivity index (χ4v) is 1.70. The molecule has 1 aromatic carbocycles. The molecule has 0 spiro atoms. The molecule has 0 aromatic heterocycles. The van der Waals surface area contributed by atoms with Gasteiger partial charge in [0.05, 0.1) is 0 Å². The zero-order valence-electron chi connectivity index (χ0n) is 7.03. The van der Waals surface area contributed by atoms with Crippen LogP contribution >= 0.6 is 0 Å². The Morgan fingerprint density at radius 2 is 1.92 bits per heavy atom. The number of benzene rings is 1. The molecule has 0 aliphatic rings. The van der Waals surface area contributed by atoms with Crippen LogP contribution in [0.1, 0.15) is 10.4 Å². The molecule has 0 saturated heterocycles. The molecule has 0 atom stereocenters. The fourth-order valence-electron chi connectivity index (χ4n) is 0.845. The first-order chi connectivity index (χ1) is 5.77. The Labute approximate surface area is 78.1 Å². The van der Waals surface area contributed by atoms with Crippen LogP contribution in [0.2, 0.25) is 5.82 Å². The van der Waals surface area contributed by atoms with Crippen molar-refractivity contribution in [2.45, 2.75) is 5.82 Å². The van der Waals surface area contributed by atoms with Crippen molar-refractivity contribution < 1.29 is 9.53 Å². The van der Waals surface area contributed by atoms with Gasteiger partial charge in [0, 0.05) is 0 Å². The Morgan fingerprint density at radius 3 is 2.33 bits per heavy atom. The predicted molar refractivity (Wildman–Crippen MR) is 49.0 cm³/mol. The van der Waals surface area contributed by atoms with Crippen molar-refractivity contribution in [1.82, 2.24) is 0 Å². The van der Waals surface area contributed by atoms with Gasteiger partial charge in [-0.05, 0) is 0 Å². The molecule has 1 rings (SSSR count). The summed E-state index contributed by atoms with van der Waals surface area (Å²) in [5.74, 6) is 1.87. The topological polar surface area (TPSA) is 26.3 Å². The third-order valence-electron chi connectivity index (χ3n) is 1.51. The predicted octanol–water partition coefficient (Wildman–Crippen LogP) is 0.851. The van der Waals surface area contributed by atoms with Gasteiger partial charge in [0.15, 0.2) is 0 Å². The summed E-state index contributed by atoms with van der Waals surface area (Å²) in [6.07, 6.45) is 0. The average Bonchev–Trinajstić information content (AvgIpc) is 2.17. The van der Waals surface area contributed by atoms with E-state index < -0.39 is 0 Å². The minimum absolute atomic E-state index is 0.273. The fraction of sp³-hybridized carbons (Fsp3) is 0.222. The number of carbonyl (C=O) groups is 1. The van der Waals surface area contributed by atoms with E-state index in [-0.39, 0.29) is 5.97 Å². The Morgan fingerprint density at radius 1 is 1.33 bits per heavy atom. The molecular formula is C9H10O2Se. The maximum atomic E-state index is 11.0. The Balaban J connectivity index is 2.84. The summed E-state index contributed by atoms with van der Waals surface area (Å²) in [5, 5.41) is 0. The van der Waals surface area contributed by atoms with Crippen molar-refractivity contribution in [3.05, 3.63) is 29.8 Å².